The Morgan fingerprint density at radius 1 is 0.929 bits per heavy atom. The smallest absolute Gasteiger partial charge is 0.139 e. The van der Waals surface area contributed by atoms with E-state index in [0.29, 0.717) is 23.0 Å². The second-order valence-electron chi connectivity index (χ2n) is 12.3. The van der Waals surface area contributed by atoms with Crippen LogP contribution in [-0.2, 0) is 4.79 Å². The zero-order chi connectivity index (χ0) is 20.1. The van der Waals surface area contributed by atoms with Gasteiger partial charge in [0.15, 0.2) is 0 Å². The molecule has 4 rings (SSSR count). The predicted molar refractivity (Wildman–Crippen MR) is 118 cm³/mol. The summed E-state index contributed by atoms with van der Waals surface area (Å²) < 4.78 is 0. The molecule has 4 fully saturated rings. The second kappa shape index (κ2) is 7.73. The Hall–Kier alpha value is -0.330. The quantitative estimate of drug-likeness (QED) is 0.473. The molecule has 160 valence electrons. The molecule has 0 N–H and O–H groups in total. The van der Waals surface area contributed by atoms with Gasteiger partial charge in [-0.1, -0.05) is 53.9 Å². The first-order valence-electron chi connectivity index (χ1n) is 12.8. The molecule has 1 nitrogen and oxygen atoms in total. The van der Waals surface area contributed by atoms with Gasteiger partial charge in [0.25, 0.3) is 0 Å². The molecular formula is C27H46O. The molecule has 8 atom stereocenters. The van der Waals surface area contributed by atoms with Crippen molar-refractivity contribution in [2.24, 2.45) is 52.3 Å². The molecule has 0 aromatic carbocycles. The highest BCUT2D eigenvalue weighted by molar-refractivity contribution is 5.86. The van der Waals surface area contributed by atoms with E-state index in [1.807, 2.05) is 0 Å². The van der Waals surface area contributed by atoms with Gasteiger partial charge in [-0.05, 0) is 98.2 Å². The largest absolute Gasteiger partial charge is 0.299 e. The Labute approximate surface area is 174 Å². The van der Waals surface area contributed by atoms with Gasteiger partial charge in [-0.15, -0.1) is 0 Å². The molecule has 28 heavy (non-hydrogen) atoms. The molecule has 0 bridgehead atoms. The molecule has 1 heteroatoms. The molecule has 0 radical (unpaired) electrons. The van der Waals surface area contributed by atoms with Crippen LogP contribution in [0, 0.1) is 52.3 Å². The molecule has 0 aromatic heterocycles. The van der Waals surface area contributed by atoms with E-state index in [-0.39, 0.29) is 5.41 Å². The van der Waals surface area contributed by atoms with E-state index in [0.717, 1.165) is 42.4 Å². The molecule has 4 aliphatic rings. The molecule has 4 saturated carbocycles. The van der Waals surface area contributed by atoms with Gasteiger partial charge in [0.2, 0.25) is 0 Å². The van der Waals surface area contributed by atoms with Gasteiger partial charge in [-0.2, -0.15) is 0 Å². The third-order valence-electron chi connectivity index (χ3n) is 10.7. The molecule has 4 aliphatic carbocycles. The first-order chi connectivity index (χ1) is 13.3. The third kappa shape index (κ3) is 3.22. The standard InChI is InChI=1S/C27H46O/c1-18(2)8-6-9-19(3)22-14-15-23-21-13-12-20-10-7-11-25(28)27(20,5)24(21)16-17-26(22,23)4/h18-24H,6-17H2,1-5H3/t19-,20-,21+,22+,23-,24-,26+,27+/m1/s1. The van der Waals surface area contributed by atoms with Crippen LogP contribution in [0.15, 0.2) is 0 Å². The van der Waals surface area contributed by atoms with Gasteiger partial charge >= 0.3 is 0 Å². The summed E-state index contributed by atoms with van der Waals surface area (Å²) in [4.78, 5) is 13.1. The van der Waals surface area contributed by atoms with E-state index < -0.39 is 0 Å². The summed E-state index contributed by atoms with van der Waals surface area (Å²) in [5.41, 5.74) is 0.586. The second-order valence-corrected chi connectivity index (χ2v) is 12.3. The van der Waals surface area contributed by atoms with Crippen molar-refractivity contribution in [3.05, 3.63) is 0 Å². The number of hydrogen-bond donors (Lipinski definition) is 0. The Kier molecular flexibility index (Phi) is 5.78. The lowest BCUT2D eigenvalue weighted by Crippen LogP contribution is -2.56. The minimum atomic E-state index is 0.0312. The summed E-state index contributed by atoms with van der Waals surface area (Å²) in [6, 6.07) is 0. The molecule has 0 saturated heterocycles. The van der Waals surface area contributed by atoms with Gasteiger partial charge in [0, 0.05) is 11.8 Å². The molecular weight excluding hydrogens is 340 g/mol. The van der Waals surface area contributed by atoms with Crippen LogP contribution in [0.3, 0.4) is 0 Å². The summed E-state index contributed by atoms with van der Waals surface area (Å²) in [5.74, 6) is 6.44. The number of Topliss-reactive ketones (excluding diaryl/α,β-unsaturated/α-hetero) is 1. The maximum atomic E-state index is 13.1. The van der Waals surface area contributed by atoms with Crippen LogP contribution in [0.1, 0.15) is 112 Å². The zero-order valence-corrected chi connectivity index (χ0v) is 19.4. The summed E-state index contributed by atoms with van der Waals surface area (Å²) in [7, 11) is 0. The molecule has 0 aromatic rings. The van der Waals surface area contributed by atoms with Crippen molar-refractivity contribution in [2.75, 3.05) is 0 Å². The SMILES string of the molecule is CC(C)CCC[C@@H](C)[C@@H]1CC[C@@H]2[C@@H]3CC[C@H]4CCCC(=O)[C@]4(C)[C@@H]3CC[C@]21C. The average molecular weight is 387 g/mol. The fourth-order valence-corrected chi connectivity index (χ4v) is 9.11. The minimum Gasteiger partial charge on any atom is -0.299 e. The molecule has 0 unspecified atom stereocenters. The van der Waals surface area contributed by atoms with E-state index in [1.54, 1.807) is 0 Å². The minimum absolute atomic E-state index is 0.0312. The van der Waals surface area contributed by atoms with Crippen molar-refractivity contribution in [3.63, 3.8) is 0 Å². The summed E-state index contributed by atoms with van der Waals surface area (Å²) in [6.45, 7) is 12.4. The lowest BCUT2D eigenvalue weighted by molar-refractivity contribution is -0.156. The van der Waals surface area contributed by atoms with Crippen LogP contribution >= 0.6 is 0 Å². The number of hydrogen-bond acceptors (Lipinski definition) is 1. The van der Waals surface area contributed by atoms with Crippen LogP contribution in [0.2, 0.25) is 0 Å². The van der Waals surface area contributed by atoms with Crippen molar-refractivity contribution >= 4 is 5.78 Å². The Balaban J connectivity index is 1.49. The normalized spacial score (nSPS) is 46.8. The molecule has 0 aliphatic heterocycles. The van der Waals surface area contributed by atoms with E-state index in [9.17, 15) is 4.79 Å². The van der Waals surface area contributed by atoms with Crippen molar-refractivity contribution in [1.82, 2.24) is 0 Å². The summed E-state index contributed by atoms with van der Waals surface area (Å²) in [6.07, 6.45) is 16.0. The monoisotopic (exact) mass is 386 g/mol. The topological polar surface area (TPSA) is 17.1 Å². The maximum Gasteiger partial charge on any atom is 0.139 e. The van der Waals surface area contributed by atoms with Crippen LogP contribution < -0.4 is 0 Å². The third-order valence-corrected chi connectivity index (χ3v) is 10.7. The lowest BCUT2D eigenvalue weighted by atomic mass is 9.44. The molecule has 0 heterocycles. The highest BCUT2D eigenvalue weighted by Gasteiger charge is 2.62. The predicted octanol–water partition coefficient (Wildman–Crippen LogP) is 7.68. The Bertz CT molecular complexity index is 579. The summed E-state index contributed by atoms with van der Waals surface area (Å²) in [5, 5.41) is 0. The van der Waals surface area contributed by atoms with E-state index >= 15 is 0 Å². The average Bonchev–Trinajstić information content (AvgIpc) is 3.00. The molecule has 0 amide bonds. The van der Waals surface area contributed by atoms with Gasteiger partial charge in [0.1, 0.15) is 5.78 Å². The number of fused-ring (bicyclic) bond motifs is 5. The van der Waals surface area contributed by atoms with Crippen LogP contribution in [-0.4, -0.2) is 5.78 Å². The lowest BCUT2D eigenvalue weighted by Gasteiger charge is -2.60. The van der Waals surface area contributed by atoms with E-state index in [1.165, 1.54) is 64.2 Å². The van der Waals surface area contributed by atoms with Crippen molar-refractivity contribution in [3.8, 4) is 0 Å². The van der Waals surface area contributed by atoms with Crippen LogP contribution in [0.4, 0.5) is 0 Å². The van der Waals surface area contributed by atoms with Gasteiger partial charge < -0.3 is 0 Å². The van der Waals surface area contributed by atoms with Crippen molar-refractivity contribution in [2.45, 2.75) is 112 Å². The Morgan fingerprint density at radius 3 is 2.46 bits per heavy atom. The van der Waals surface area contributed by atoms with Gasteiger partial charge in [0.05, 0.1) is 0 Å². The summed E-state index contributed by atoms with van der Waals surface area (Å²) >= 11 is 0. The number of ketones is 1. The zero-order valence-electron chi connectivity index (χ0n) is 19.4. The maximum absolute atomic E-state index is 13.1. The highest BCUT2D eigenvalue weighted by atomic mass is 16.1. The van der Waals surface area contributed by atoms with E-state index in [4.69, 9.17) is 0 Å². The van der Waals surface area contributed by atoms with Crippen molar-refractivity contribution in [1.29, 1.82) is 0 Å². The number of carbonyl (C=O) groups excluding carboxylic acids is 1. The van der Waals surface area contributed by atoms with Gasteiger partial charge in [-0.25, -0.2) is 0 Å². The van der Waals surface area contributed by atoms with E-state index in [2.05, 4.69) is 34.6 Å². The fraction of sp³-hybridized carbons (Fsp3) is 0.963. The highest BCUT2D eigenvalue weighted by Crippen LogP contribution is 2.67. The fourth-order valence-electron chi connectivity index (χ4n) is 9.11. The first kappa shape index (κ1) is 20.9. The number of carbonyl (C=O) groups is 1. The Morgan fingerprint density at radius 2 is 1.71 bits per heavy atom. The first-order valence-corrected chi connectivity index (χ1v) is 12.8. The van der Waals surface area contributed by atoms with Gasteiger partial charge in [-0.3, -0.25) is 4.79 Å². The van der Waals surface area contributed by atoms with Crippen molar-refractivity contribution < 1.29 is 4.79 Å². The molecule has 0 spiro atoms. The van der Waals surface area contributed by atoms with Crippen LogP contribution in [0.25, 0.3) is 0 Å². The number of rotatable bonds is 5. The van der Waals surface area contributed by atoms with Crippen LogP contribution in [0.5, 0.6) is 0 Å².